The number of hydrogen-bond acceptors (Lipinski definition) is 4. The van der Waals surface area contributed by atoms with Gasteiger partial charge in [0.1, 0.15) is 17.2 Å². The van der Waals surface area contributed by atoms with Crippen molar-refractivity contribution in [2.24, 2.45) is 5.73 Å². The average Bonchev–Trinajstić information content (AvgIpc) is 2.53. The molecule has 9 heteroatoms. The molecule has 138 valence electrons. The van der Waals surface area contributed by atoms with E-state index in [2.05, 4.69) is 10.3 Å². The quantitative estimate of drug-likeness (QED) is 0.691. The van der Waals surface area contributed by atoms with Crippen LogP contribution < -0.4 is 15.8 Å². The Labute approximate surface area is 169 Å². The molecule has 0 saturated carbocycles. The van der Waals surface area contributed by atoms with Gasteiger partial charge in [0.25, 0.3) is 0 Å². The zero-order valence-electron chi connectivity index (χ0n) is 13.4. The van der Waals surface area contributed by atoms with Crippen molar-refractivity contribution in [1.82, 2.24) is 10.3 Å². The number of nitrogens with zero attached hydrogens (tertiary/aromatic N) is 1. The third-order valence-corrected chi connectivity index (χ3v) is 3.72. The highest BCUT2D eigenvalue weighted by Gasteiger charge is 2.29. The van der Waals surface area contributed by atoms with E-state index in [1.54, 1.807) is 6.92 Å². The molecule has 2 rings (SSSR count). The molecule has 1 aromatic carbocycles. The van der Waals surface area contributed by atoms with Crippen LogP contribution >= 0.6 is 48.0 Å². The van der Waals surface area contributed by atoms with E-state index in [9.17, 15) is 4.79 Å². The second-order valence-corrected chi connectivity index (χ2v) is 5.96. The average molecular weight is 427 g/mol. The van der Waals surface area contributed by atoms with E-state index >= 15 is 0 Å². The molecule has 0 fully saturated rings. The van der Waals surface area contributed by atoms with Crippen LogP contribution in [0, 0.1) is 0 Å². The Morgan fingerprint density at radius 1 is 1.28 bits per heavy atom. The van der Waals surface area contributed by atoms with E-state index in [1.165, 1.54) is 12.3 Å². The van der Waals surface area contributed by atoms with Crippen LogP contribution in [0.3, 0.4) is 0 Å². The summed E-state index contributed by atoms with van der Waals surface area (Å²) in [5.41, 5.74) is 5.74. The minimum absolute atomic E-state index is 0. The van der Waals surface area contributed by atoms with Crippen LogP contribution in [0.15, 0.2) is 42.6 Å². The van der Waals surface area contributed by atoms with Crippen LogP contribution in [0.25, 0.3) is 0 Å². The normalized spacial score (nSPS) is 12.2. The number of nitrogens with one attached hydrogen (secondary N) is 1. The van der Waals surface area contributed by atoms with Crippen molar-refractivity contribution < 1.29 is 9.53 Å². The number of rotatable bonds is 6. The number of pyridine rings is 1. The molecule has 0 aliphatic rings. The molecule has 5 nitrogen and oxygen atoms in total. The van der Waals surface area contributed by atoms with Crippen molar-refractivity contribution in [3.05, 3.63) is 58.2 Å². The standard InChI is InChI=1S/C16H17Cl2N3O2.2ClH/c1-16(19,11-5-3-2-4-6-11)15(22)20-7-8-23-14-13(18)9-12(17)10-21-14;;/h2-6,9-10H,7-8,19H2,1H3,(H,20,22);2*1H. The molecular weight excluding hydrogens is 408 g/mol. The summed E-state index contributed by atoms with van der Waals surface area (Å²) in [5.74, 6) is -0.0219. The molecule has 1 aromatic heterocycles. The first-order valence-corrected chi connectivity index (χ1v) is 7.73. The largest absolute Gasteiger partial charge is 0.475 e. The second-order valence-electron chi connectivity index (χ2n) is 5.11. The Bertz CT molecular complexity index is 684. The molecule has 0 saturated heterocycles. The first-order valence-electron chi connectivity index (χ1n) is 6.98. The van der Waals surface area contributed by atoms with E-state index in [4.69, 9.17) is 33.7 Å². The second kappa shape index (κ2) is 10.7. The van der Waals surface area contributed by atoms with E-state index in [1.807, 2.05) is 30.3 Å². The van der Waals surface area contributed by atoms with Crippen molar-refractivity contribution in [3.8, 4) is 5.88 Å². The first kappa shape index (κ1) is 23.8. The lowest BCUT2D eigenvalue weighted by Gasteiger charge is -2.24. The van der Waals surface area contributed by atoms with Crippen LogP contribution in [0.1, 0.15) is 12.5 Å². The molecule has 1 amide bonds. The van der Waals surface area contributed by atoms with Gasteiger partial charge in [-0.25, -0.2) is 4.98 Å². The molecule has 0 aliphatic heterocycles. The monoisotopic (exact) mass is 425 g/mol. The number of benzene rings is 1. The molecule has 1 unspecified atom stereocenters. The lowest BCUT2D eigenvalue weighted by atomic mass is 9.92. The fourth-order valence-electron chi connectivity index (χ4n) is 1.92. The predicted molar refractivity (Wildman–Crippen MR) is 105 cm³/mol. The maximum absolute atomic E-state index is 12.2. The predicted octanol–water partition coefficient (Wildman–Crippen LogP) is 3.60. The van der Waals surface area contributed by atoms with Crippen molar-refractivity contribution >= 4 is 53.9 Å². The van der Waals surface area contributed by atoms with Gasteiger partial charge in [0, 0.05) is 6.20 Å². The van der Waals surface area contributed by atoms with Crippen molar-refractivity contribution in [2.75, 3.05) is 13.2 Å². The van der Waals surface area contributed by atoms with Gasteiger partial charge in [-0.3, -0.25) is 4.79 Å². The number of carbonyl (C=O) groups is 1. The van der Waals surface area contributed by atoms with Crippen LogP contribution in [-0.4, -0.2) is 24.0 Å². The van der Waals surface area contributed by atoms with Crippen molar-refractivity contribution in [3.63, 3.8) is 0 Å². The molecule has 0 bridgehead atoms. The number of aromatic nitrogens is 1. The summed E-state index contributed by atoms with van der Waals surface area (Å²) in [6.45, 7) is 2.15. The summed E-state index contributed by atoms with van der Waals surface area (Å²) < 4.78 is 5.40. The fraction of sp³-hybridized carbons (Fsp3) is 0.250. The third-order valence-electron chi connectivity index (χ3n) is 3.25. The lowest BCUT2D eigenvalue weighted by molar-refractivity contribution is -0.126. The highest BCUT2D eigenvalue weighted by molar-refractivity contribution is 6.35. The minimum atomic E-state index is -1.11. The Kier molecular flexibility index (Phi) is 10.2. The highest BCUT2D eigenvalue weighted by Crippen LogP contribution is 2.24. The molecule has 0 aliphatic carbocycles. The summed E-state index contributed by atoms with van der Waals surface area (Å²) in [7, 11) is 0. The van der Waals surface area contributed by atoms with Crippen LogP contribution in [0.5, 0.6) is 5.88 Å². The molecule has 1 heterocycles. The van der Waals surface area contributed by atoms with Gasteiger partial charge in [0.05, 0.1) is 11.6 Å². The number of nitrogens with two attached hydrogens (primary N) is 1. The van der Waals surface area contributed by atoms with Crippen molar-refractivity contribution in [1.29, 1.82) is 0 Å². The molecule has 25 heavy (non-hydrogen) atoms. The molecule has 0 spiro atoms. The number of carbonyl (C=O) groups excluding carboxylic acids is 1. The zero-order chi connectivity index (χ0) is 16.9. The van der Waals surface area contributed by atoms with Gasteiger partial charge in [-0.1, -0.05) is 53.5 Å². The SMILES string of the molecule is CC(N)(C(=O)NCCOc1ncc(Cl)cc1Cl)c1ccccc1.Cl.Cl. The van der Waals surface area contributed by atoms with Crippen LogP contribution in [0.4, 0.5) is 0 Å². The minimum Gasteiger partial charge on any atom is -0.475 e. The summed E-state index contributed by atoms with van der Waals surface area (Å²) in [5, 5.41) is 3.48. The topological polar surface area (TPSA) is 77.2 Å². The van der Waals surface area contributed by atoms with Gasteiger partial charge in [-0.05, 0) is 18.6 Å². The molecule has 2 aromatic rings. The Balaban J connectivity index is 0.00000288. The summed E-state index contributed by atoms with van der Waals surface area (Å²) >= 11 is 11.7. The maximum atomic E-state index is 12.2. The number of amides is 1. The Hall–Kier alpha value is -1.24. The summed E-state index contributed by atoms with van der Waals surface area (Å²) in [4.78, 5) is 16.2. The van der Waals surface area contributed by atoms with Gasteiger partial charge in [-0.15, -0.1) is 24.8 Å². The number of ether oxygens (including phenoxy) is 1. The number of hydrogen-bond donors (Lipinski definition) is 2. The molecule has 0 radical (unpaired) electrons. The van der Waals surface area contributed by atoms with E-state index in [-0.39, 0.29) is 49.8 Å². The molecular formula is C16H19Cl4N3O2. The van der Waals surface area contributed by atoms with Crippen LogP contribution in [0.2, 0.25) is 10.0 Å². The van der Waals surface area contributed by atoms with Gasteiger partial charge < -0.3 is 15.8 Å². The van der Waals surface area contributed by atoms with E-state index in [0.717, 1.165) is 5.56 Å². The van der Waals surface area contributed by atoms with Crippen molar-refractivity contribution in [2.45, 2.75) is 12.5 Å². The fourth-order valence-corrected chi connectivity index (χ4v) is 2.35. The Morgan fingerprint density at radius 3 is 2.52 bits per heavy atom. The van der Waals surface area contributed by atoms with E-state index in [0.29, 0.717) is 10.0 Å². The van der Waals surface area contributed by atoms with Gasteiger partial charge in [0.15, 0.2) is 0 Å². The van der Waals surface area contributed by atoms with Gasteiger partial charge in [0.2, 0.25) is 11.8 Å². The molecule has 3 N–H and O–H groups in total. The first-order chi connectivity index (χ1) is 10.9. The zero-order valence-corrected chi connectivity index (χ0v) is 16.5. The Morgan fingerprint density at radius 2 is 1.92 bits per heavy atom. The number of halogens is 4. The smallest absolute Gasteiger partial charge is 0.244 e. The third kappa shape index (κ3) is 6.53. The van der Waals surface area contributed by atoms with Crippen LogP contribution in [-0.2, 0) is 10.3 Å². The van der Waals surface area contributed by atoms with E-state index < -0.39 is 5.54 Å². The summed E-state index contributed by atoms with van der Waals surface area (Å²) in [6, 6.07) is 10.7. The van der Waals surface area contributed by atoms with Gasteiger partial charge >= 0.3 is 0 Å². The maximum Gasteiger partial charge on any atom is 0.244 e. The highest BCUT2D eigenvalue weighted by atomic mass is 35.5. The summed E-state index contributed by atoms with van der Waals surface area (Å²) in [6.07, 6.45) is 1.44. The lowest BCUT2D eigenvalue weighted by Crippen LogP contribution is -2.49. The van der Waals surface area contributed by atoms with Gasteiger partial charge in [-0.2, -0.15) is 0 Å². The molecule has 1 atom stereocenters.